The number of nitrogens with one attached hydrogen (secondary N) is 1. The van der Waals surface area contributed by atoms with Crippen LogP contribution in [0.4, 0.5) is 0 Å². The second-order valence-corrected chi connectivity index (χ2v) is 7.47. The molecule has 1 N–H and O–H groups in total. The molecule has 2 rings (SSSR count). The van der Waals surface area contributed by atoms with Crippen LogP contribution in [-0.4, -0.2) is 35.5 Å². The minimum absolute atomic E-state index is 0.101. The molecule has 9 heteroatoms. The summed E-state index contributed by atoms with van der Waals surface area (Å²) < 4.78 is 40.8. The van der Waals surface area contributed by atoms with Crippen LogP contribution in [0.2, 0.25) is 5.02 Å². The number of methoxy groups -OCH3 is 2. The quantitative estimate of drug-likeness (QED) is 0.503. The highest BCUT2D eigenvalue weighted by Crippen LogP contribution is 2.28. The normalized spacial score (nSPS) is 11.4. The highest BCUT2D eigenvalue weighted by atomic mass is 35.5. The Morgan fingerprint density at radius 3 is 2.44 bits per heavy atom. The van der Waals surface area contributed by atoms with Crippen molar-refractivity contribution in [3.8, 4) is 17.2 Å². The van der Waals surface area contributed by atoms with Crippen molar-refractivity contribution >= 4 is 27.8 Å². The van der Waals surface area contributed by atoms with Crippen LogP contribution in [0, 0.1) is 0 Å². The molecule has 0 spiro atoms. The molecule has 0 bridgehead atoms. The fraction of sp³-hybridized carbons (Fsp3) is 0.278. The monoisotopic (exact) mass is 412 g/mol. The van der Waals surface area contributed by atoms with Gasteiger partial charge in [-0.2, -0.15) is 18.4 Å². The van der Waals surface area contributed by atoms with Crippen molar-refractivity contribution in [1.29, 1.82) is 0 Å². The first-order valence-corrected chi connectivity index (χ1v) is 9.96. The zero-order chi connectivity index (χ0) is 19.9. The van der Waals surface area contributed by atoms with E-state index >= 15 is 0 Å². The molecule has 0 amide bonds. The smallest absolute Gasteiger partial charge is 0.280 e. The van der Waals surface area contributed by atoms with Gasteiger partial charge in [-0.3, -0.25) is 0 Å². The Morgan fingerprint density at radius 2 is 1.78 bits per heavy atom. The third-order valence-corrected chi connectivity index (χ3v) is 4.93. The lowest BCUT2D eigenvalue weighted by molar-refractivity contribution is 0.294. The zero-order valence-corrected chi connectivity index (χ0v) is 16.8. The van der Waals surface area contributed by atoms with Gasteiger partial charge in [-0.05, 0) is 48.4 Å². The summed E-state index contributed by atoms with van der Waals surface area (Å²) in [5.74, 6) is 1.31. The number of hydrogen-bond donors (Lipinski definition) is 1. The Morgan fingerprint density at radius 1 is 1.07 bits per heavy atom. The first-order valence-electron chi connectivity index (χ1n) is 8.10. The average Bonchev–Trinajstić information content (AvgIpc) is 2.66. The van der Waals surface area contributed by atoms with Crippen molar-refractivity contribution in [1.82, 2.24) is 4.83 Å². The number of halogens is 1. The van der Waals surface area contributed by atoms with E-state index in [1.54, 1.807) is 25.3 Å². The van der Waals surface area contributed by atoms with Crippen molar-refractivity contribution in [2.24, 2.45) is 5.10 Å². The number of benzene rings is 2. The van der Waals surface area contributed by atoms with Crippen LogP contribution in [0.25, 0.3) is 0 Å². The standard InChI is InChI=1S/C18H21ClN2O5S/c1-4-9-26-17-10-13(5-7-15(17)24-2)12-20-21-27(22,23)18-11-14(19)6-8-16(18)25-3/h5-8,10-12,21H,4,9H2,1-3H3/b20-12+. The van der Waals surface area contributed by atoms with Gasteiger partial charge in [-0.25, -0.2) is 0 Å². The Labute approximate surface area is 163 Å². The van der Waals surface area contributed by atoms with E-state index in [1.165, 1.54) is 31.5 Å². The summed E-state index contributed by atoms with van der Waals surface area (Å²) in [7, 11) is -1.02. The van der Waals surface area contributed by atoms with Crippen LogP contribution in [0.1, 0.15) is 18.9 Å². The molecule has 0 aliphatic heterocycles. The fourth-order valence-electron chi connectivity index (χ4n) is 2.18. The second-order valence-electron chi connectivity index (χ2n) is 5.41. The maximum atomic E-state index is 12.5. The summed E-state index contributed by atoms with van der Waals surface area (Å²) in [6.45, 7) is 2.54. The van der Waals surface area contributed by atoms with E-state index in [-0.39, 0.29) is 15.7 Å². The van der Waals surface area contributed by atoms with Crippen molar-refractivity contribution in [2.45, 2.75) is 18.2 Å². The van der Waals surface area contributed by atoms with E-state index in [1.807, 2.05) is 6.92 Å². The minimum Gasteiger partial charge on any atom is -0.495 e. The first-order chi connectivity index (χ1) is 12.9. The van der Waals surface area contributed by atoms with Crippen molar-refractivity contribution in [2.75, 3.05) is 20.8 Å². The molecule has 146 valence electrons. The Balaban J connectivity index is 2.20. The summed E-state index contributed by atoms with van der Waals surface area (Å²) in [6, 6.07) is 9.48. The van der Waals surface area contributed by atoms with E-state index in [2.05, 4.69) is 9.93 Å². The molecule has 0 radical (unpaired) electrons. The number of sulfonamides is 1. The highest BCUT2D eigenvalue weighted by molar-refractivity contribution is 7.89. The number of ether oxygens (including phenoxy) is 3. The third-order valence-electron chi connectivity index (χ3n) is 3.45. The molecule has 2 aromatic carbocycles. The van der Waals surface area contributed by atoms with Gasteiger partial charge in [-0.15, -0.1) is 0 Å². The predicted octanol–water partition coefficient (Wildman–Crippen LogP) is 3.46. The molecule has 27 heavy (non-hydrogen) atoms. The molecule has 0 unspecified atom stereocenters. The van der Waals surface area contributed by atoms with Crippen molar-refractivity contribution < 1.29 is 22.6 Å². The molecule has 0 saturated heterocycles. The first kappa shape index (κ1) is 20.9. The minimum atomic E-state index is -3.95. The molecule has 0 aliphatic carbocycles. The van der Waals surface area contributed by atoms with Gasteiger partial charge in [-0.1, -0.05) is 18.5 Å². The van der Waals surface area contributed by atoms with Crippen LogP contribution in [-0.2, 0) is 10.0 Å². The molecule has 0 atom stereocenters. The lowest BCUT2D eigenvalue weighted by atomic mass is 10.2. The van der Waals surface area contributed by atoms with Gasteiger partial charge < -0.3 is 14.2 Å². The van der Waals surface area contributed by atoms with E-state index < -0.39 is 10.0 Å². The van der Waals surface area contributed by atoms with Crippen LogP contribution >= 0.6 is 11.6 Å². The molecule has 0 aromatic heterocycles. The summed E-state index contributed by atoms with van der Waals surface area (Å²) in [5.41, 5.74) is 0.641. The van der Waals surface area contributed by atoms with Crippen LogP contribution in [0.3, 0.4) is 0 Å². The van der Waals surface area contributed by atoms with Gasteiger partial charge in [0.15, 0.2) is 11.5 Å². The number of hydrogen-bond acceptors (Lipinski definition) is 6. The second kappa shape index (κ2) is 9.48. The van der Waals surface area contributed by atoms with Gasteiger partial charge in [0.1, 0.15) is 10.6 Å². The van der Waals surface area contributed by atoms with E-state index in [0.717, 1.165) is 6.42 Å². The van der Waals surface area contributed by atoms with E-state index in [0.29, 0.717) is 23.7 Å². The number of hydrazone groups is 1. The Hall–Kier alpha value is -2.45. The maximum absolute atomic E-state index is 12.5. The molecular formula is C18H21ClN2O5S. The largest absolute Gasteiger partial charge is 0.495 e. The Bertz CT molecular complexity index is 916. The molecule has 7 nitrogen and oxygen atoms in total. The lowest BCUT2D eigenvalue weighted by Crippen LogP contribution is -2.19. The number of rotatable bonds is 9. The van der Waals surface area contributed by atoms with Gasteiger partial charge in [0.05, 0.1) is 27.0 Å². The molecule has 2 aromatic rings. The van der Waals surface area contributed by atoms with Gasteiger partial charge >= 0.3 is 0 Å². The summed E-state index contributed by atoms with van der Waals surface area (Å²) in [5, 5.41) is 4.08. The summed E-state index contributed by atoms with van der Waals surface area (Å²) >= 11 is 5.89. The van der Waals surface area contributed by atoms with Crippen LogP contribution < -0.4 is 19.0 Å². The predicted molar refractivity (Wildman–Crippen MR) is 105 cm³/mol. The molecule has 0 heterocycles. The highest BCUT2D eigenvalue weighted by Gasteiger charge is 2.19. The zero-order valence-electron chi connectivity index (χ0n) is 15.2. The molecule has 0 saturated carbocycles. The van der Waals surface area contributed by atoms with Crippen LogP contribution in [0.15, 0.2) is 46.4 Å². The van der Waals surface area contributed by atoms with Crippen molar-refractivity contribution in [3.63, 3.8) is 0 Å². The van der Waals surface area contributed by atoms with Crippen LogP contribution in [0.5, 0.6) is 17.2 Å². The SMILES string of the molecule is CCCOc1cc(/C=N/NS(=O)(=O)c2cc(Cl)ccc2OC)ccc1OC. The topological polar surface area (TPSA) is 86.2 Å². The van der Waals surface area contributed by atoms with E-state index in [4.69, 9.17) is 25.8 Å². The fourth-order valence-corrected chi connectivity index (χ4v) is 3.40. The van der Waals surface area contributed by atoms with Gasteiger partial charge in [0, 0.05) is 5.02 Å². The van der Waals surface area contributed by atoms with Gasteiger partial charge in [0.2, 0.25) is 0 Å². The summed E-state index contributed by atoms with van der Waals surface area (Å²) in [4.78, 5) is 2.05. The lowest BCUT2D eigenvalue weighted by Gasteiger charge is -2.11. The molecular weight excluding hydrogens is 392 g/mol. The third kappa shape index (κ3) is 5.51. The molecule has 0 aliphatic rings. The van der Waals surface area contributed by atoms with Gasteiger partial charge in [0.25, 0.3) is 10.0 Å². The maximum Gasteiger partial charge on any atom is 0.280 e. The van der Waals surface area contributed by atoms with E-state index in [9.17, 15) is 8.42 Å². The number of nitrogens with zero attached hydrogens (tertiary/aromatic N) is 1. The Kier molecular flexibility index (Phi) is 7.32. The average molecular weight is 413 g/mol. The molecule has 0 fully saturated rings. The van der Waals surface area contributed by atoms with Crippen molar-refractivity contribution in [3.05, 3.63) is 47.0 Å². The summed E-state index contributed by atoms with van der Waals surface area (Å²) in [6.07, 6.45) is 2.22.